The fourth-order valence-corrected chi connectivity index (χ4v) is 5.70. The minimum absolute atomic E-state index is 0.0230. The maximum Gasteiger partial charge on any atom is 0.310 e. The summed E-state index contributed by atoms with van der Waals surface area (Å²) in [5, 5.41) is 1.19. The zero-order chi connectivity index (χ0) is 26.3. The molecule has 4 aromatic rings. The number of likely N-dealkylation sites (tertiary alicyclic amines) is 1. The van der Waals surface area contributed by atoms with E-state index in [0.29, 0.717) is 26.1 Å². The molecule has 38 heavy (non-hydrogen) atoms. The molecule has 1 aliphatic heterocycles. The Bertz CT molecular complexity index is 1360. The van der Waals surface area contributed by atoms with E-state index < -0.39 is 0 Å². The Morgan fingerprint density at radius 2 is 1.61 bits per heavy atom. The number of carbonyl (C=O) groups is 2. The summed E-state index contributed by atoms with van der Waals surface area (Å²) in [6, 6.07) is 29.4. The number of esters is 1. The molecular formula is C33H36N2O3. The van der Waals surface area contributed by atoms with Gasteiger partial charge in [-0.15, -0.1) is 0 Å². The topological polar surface area (TPSA) is 51.5 Å². The van der Waals surface area contributed by atoms with Gasteiger partial charge in [-0.25, -0.2) is 0 Å². The quantitative estimate of drug-likeness (QED) is 0.253. The number of nitrogens with zero attached hydrogens (tertiary/aromatic N) is 2. The standard InChI is InChI=1S/C33H36N2O3/c1-2-38-33(37)27-16-11-19-34(23-27)32(36)21-28(20-25-12-5-3-6-13-25)30-24-35(22-26-14-7-4-8-15-26)31-18-10-9-17-29(30)31/h3-10,12-15,17-18,24,27-28H,2,11,16,19-23H2,1H3. The number of rotatable bonds is 9. The van der Waals surface area contributed by atoms with Crippen molar-refractivity contribution in [2.45, 2.75) is 45.1 Å². The summed E-state index contributed by atoms with van der Waals surface area (Å²) >= 11 is 0. The van der Waals surface area contributed by atoms with Crippen molar-refractivity contribution in [1.82, 2.24) is 9.47 Å². The number of para-hydroxylation sites is 1. The molecule has 1 amide bonds. The molecule has 0 N–H and O–H groups in total. The van der Waals surface area contributed by atoms with Gasteiger partial charge in [0.25, 0.3) is 0 Å². The smallest absolute Gasteiger partial charge is 0.310 e. The van der Waals surface area contributed by atoms with Gasteiger partial charge in [0, 0.05) is 43.2 Å². The molecule has 2 atom stereocenters. The van der Waals surface area contributed by atoms with Crippen LogP contribution in [0, 0.1) is 5.92 Å². The van der Waals surface area contributed by atoms with Crippen molar-refractivity contribution in [3.63, 3.8) is 0 Å². The van der Waals surface area contributed by atoms with E-state index in [-0.39, 0.29) is 23.7 Å². The molecule has 5 rings (SSSR count). The summed E-state index contributed by atoms with van der Waals surface area (Å²) in [7, 11) is 0. The predicted octanol–water partition coefficient (Wildman–Crippen LogP) is 6.21. The van der Waals surface area contributed by atoms with Gasteiger partial charge < -0.3 is 14.2 Å². The third-order valence-electron chi connectivity index (χ3n) is 7.59. The second kappa shape index (κ2) is 12.1. The van der Waals surface area contributed by atoms with Crippen LogP contribution in [-0.2, 0) is 27.3 Å². The van der Waals surface area contributed by atoms with Crippen molar-refractivity contribution in [3.05, 3.63) is 108 Å². The first-order valence-electron chi connectivity index (χ1n) is 13.7. The zero-order valence-electron chi connectivity index (χ0n) is 22.1. The Balaban J connectivity index is 1.44. The second-order valence-electron chi connectivity index (χ2n) is 10.2. The fourth-order valence-electron chi connectivity index (χ4n) is 5.70. The molecule has 1 saturated heterocycles. The van der Waals surface area contributed by atoms with E-state index in [4.69, 9.17) is 4.74 Å². The van der Waals surface area contributed by atoms with Crippen LogP contribution in [0.2, 0.25) is 0 Å². The summed E-state index contributed by atoms with van der Waals surface area (Å²) in [6.07, 6.45) is 5.04. The first kappa shape index (κ1) is 25.8. The van der Waals surface area contributed by atoms with E-state index in [0.717, 1.165) is 25.8 Å². The molecule has 0 radical (unpaired) electrons. The molecular weight excluding hydrogens is 472 g/mol. The van der Waals surface area contributed by atoms with Crippen molar-refractivity contribution in [1.29, 1.82) is 0 Å². The van der Waals surface area contributed by atoms with Crippen molar-refractivity contribution >= 4 is 22.8 Å². The Hall–Kier alpha value is -3.86. The van der Waals surface area contributed by atoms with Crippen LogP contribution < -0.4 is 0 Å². The highest BCUT2D eigenvalue weighted by molar-refractivity contribution is 5.86. The Labute approximate surface area is 225 Å². The number of fused-ring (bicyclic) bond motifs is 1. The van der Waals surface area contributed by atoms with Crippen LogP contribution in [0.1, 0.15) is 48.8 Å². The second-order valence-corrected chi connectivity index (χ2v) is 10.2. The molecule has 196 valence electrons. The maximum absolute atomic E-state index is 13.7. The molecule has 1 aliphatic rings. The summed E-state index contributed by atoms with van der Waals surface area (Å²) < 4.78 is 7.56. The lowest BCUT2D eigenvalue weighted by Crippen LogP contribution is -2.43. The predicted molar refractivity (Wildman–Crippen MR) is 151 cm³/mol. The van der Waals surface area contributed by atoms with Crippen molar-refractivity contribution < 1.29 is 14.3 Å². The average Bonchev–Trinajstić information content (AvgIpc) is 3.32. The first-order valence-corrected chi connectivity index (χ1v) is 13.7. The average molecular weight is 509 g/mol. The van der Waals surface area contributed by atoms with Crippen molar-refractivity contribution in [2.24, 2.45) is 5.92 Å². The molecule has 1 aromatic heterocycles. The number of carbonyl (C=O) groups excluding carboxylic acids is 2. The third-order valence-corrected chi connectivity index (χ3v) is 7.59. The molecule has 5 heteroatoms. The molecule has 0 saturated carbocycles. The van der Waals surface area contributed by atoms with Gasteiger partial charge in [-0.3, -0.25) is 9.59 Å². The molecule has 1 fully saturated rings. The van der Waals surface area contributed by atoms with Crippen molar-refractivity contribution in [3.8, 4) is 0 Å². The Morgan fingerprint density at radius 3 is 2.34 bits per heavy atom. The van der Waals surface area contributed by atoms with Crippen LogP contribution in [0.5, 0.6) is 0 Å². The van der Waals surface area contributed by atoms with Gasteiger partial charge in [-0.1, -0.05) is 78.9 Å². The SMILES string of the molecule is CCOC(=O)C1CCCN(C(=O)CC(Cc2ccccc2)c2cn(Cc3ccccc3)c3ccccc23)C1. The van der Waals surface area contributed by atoms with E-state index in [2.05, 4.69) is 83.6 Å². The van der Waals surface area contributed by atoms with Gasteiger partial charge in [0.2, 0.25) is 5.91 Å². The summed E-state index contributed by atoms with van der Waals surface area (Å²) in [4.78, 5) is 28.0. The van der Waals surface area contributed by atoms with Gasteiger partial charge in [0.05, 0.1) is 12.5 Å². The molecule has 3 aromatic carbocycles. The maximum atomic E-state index is 13.7. The number of piperidine rings is 1. The highest BCUT2D eigenvalue weighted by Crippen LogP contribution is 2.34. The molecule has 2 unspecified atom stereocenters. The number of benzene rings is 3. The normalized spacial score (nSPS) is 16.3. The van der Waals surface area contributed by atoms with E-state index in [1.807, 2.05) is 24.0 Å². The van der Waals surface area contributed by atoms with Gasteiger partial charge in [-0.05, 0) is 54.9 Å². The van der Waals surface area contributed by atoms with Crippen LogP contribution >= 0.6 is 0 Å². The van der Waals surface area contributed by atoms with Crippen LogP contribution in [0.15, 0.2) is 91.1 Å². The highest BCUT2D eigenvalue weighted by atomic mass is 16.5. The van der Waals surface area contributed by atoms with Crippen LogP contribution in [0.3, 0.4) is 0 Å². The van der Waals surface area contributed by atoms with Gasteiger partial charge in [0.1, 0.15) is 0 Å². The molecule has 0 spiro atoms. The third kappa shape index (κ3) is 5.99. The van der Waals surface area contributed by atoms with Gasteiger partial charge in [0.15, 0.2) is 0 Å². The van der Waals surface area contributed by atoms with Crippen LogP contribution in [0.4, 0.5) is 0 Å². The summed E-state index contributed by atoms with van der Waals surface area (Å²) in [6.45, 7) is 4.12. The molecule has 2 heterocycles. The minimum Gasteiger partial charge on any atom is -0.466 e. The fraction of sp³-hybridized carbons (Fsp3) is 0.333. The van der Waals surface area contributed by atoms with Crippen LogP contribution in [-0.4, -0.2) is 41.0 Å². The Kier molecular flexibility index (Phi) is 8.22. The first-order chi connectivity index (χ1) is 18.6. The molecule has 5 nitrogen and oxygen atoms in total. The number of amides is 1. The van der Waals surface area contributed by atoms with E-state index in [1.54, 1.807) is 0 Å². The van der Waals surface area contributed by atoms with Gasteiger partial charge >= 0.3 is 5.97 Å². The number of hydrogen-bond donors (Lipinski definition) is 0. The molecule has 0 bridgehead atoms. The molecule has 0 aliphatic carbocycles. The zero-order valence-corrected chi connectivity index (χ0v) is 22.1. The lowest BCUT2D eigenvalue weighted by Gasteiger charge is -2.32. The number of hydrogen-bond acceptors (Lipinski definition) is 3. The lowest BCUT2D eigenvalue weighted by atomic mass is 9.88. The number of aromatic nitrogens is 1. The monoisotopic (exact) mass is 508 g/mol. The van der Waals surface area contributed by atoms with E-state index >= 15 is 0 Å². The largest absolute Gasteiger partial charge is 0.466 e. The Morgan fingerprint density at radius 1 is 0.921 bits per heavy atom. The summed E-state index contributed by atoms with van der Waals surface area (Å²) in [5.74, 6) is -0.280. The summed E-state index contributed by atoms with van der Waals surface area (Å²) in [5.41, 5.74) is 4.84. The number of ether oxygens (including phenoxy) is 1. The minimum atomic E-state index is -0.229. The lowest BCUT2D eigenvalue weighted by molar-refractivity contribution is -0.151. The van der Waals surface area contributed by atoms with Crippen molar-refractivity contribution in [2.75, 3.05) is 19.7 Å². The van der Waals surface area contributed by atoms with Gasteiger partial charge in [-0.2, -0.15) is 0 Å². The highest BCUT2D eigenvalue weighted by Gasteiger charge is 2.31. The van der Waals surface area contributed by atoms with E-state index in [9.17, 15) is 9.59 Å². The van der Waals surface area contributed by atoms with E-state index in [1.165, 1.54) is 27.6 Å². The van der Waals surface area contributed by atoms with Crippen LogP contribution in [0.25, 0.3) is 10.9 Å².